The second-order valence-electron chi connectivity index (χ2n) is 7.57. The Labute approximate surface area is 174 Å². The third-order valence-electron chi connectivity index (χ3n) is 5.79. The molecule has 2 aliphatic heterocycles. The number of halogens is 1. The van der Waals surface area contributed by atoms with E-state index in [9.17, 15) is 4.79 Å². The van der Waals surface area contributed by atoms with Gasteiger partial charge in [-0.25, -0.2) is 0 Å². The molecule has 148 valence electrons. The molecule has 28 heavy (non-hydrogen) atoms. The second kappa shape index (κ2) is 9.05. The molecule has 2 aromatic rings. The Bertz CT molecular complexity index is 768. The summed E-state index contributed by atoms with van der Waals surface area (Å²) in [6.07, 6.45) is 8.05. The molecule has 0 unspecified atom stereocenters. The maximum atomic E-state index is 12.7. The van der Waals surface area contributed by atoms with Gasteiger partial charge in [0, 0.05) is 54.7 Å². The maximum Gasteiger partial charge on any atom is 0.253 e. The highest BCUT2D eigenvalue weighted by Gasteiger charge is 2.30. The van der Waals surface area contributed by atoms with Crippen LogP contribution in [0, 0.1) is 0 Å². The van der Waals surface area contributed by atoms with Gasteiger partial charge in [0.15, 0.2) is 0 Å². The normalized spacial score (nSPS) is 19.5. The summed E-state index contributed by atoms with van der Waals surface area (Å²) in [5, 5.41) is 0. The molecule has 2 fully saturated rings. The van der Waals surface area contributed by atoms with E-state index in [-0.39, 0.29) is 12.0 Å². The first kappa shape index (κ1) is 19.4. The summed E-state index contributed by atoms with van der Waals surface area (Å²) < 4.78 is 7.07. The number of carbonyl (C=O) groups excluding carboxylic acids is 1. The summed E-state index contributed by atoms with van der Waals surface area (Å²) in [6.45, 7) is 3.82. The Hall–Kier alpha value is -1.92. The lowest BCUT2D eigenvalue weighted by atomic mass is 9.98. The van der Waals surface area contributed by atoms with Crippen molar-refractivity contribution in [2.24, 2.45) is 0 Å². The third-order valence-corrected chi connectivity index (χ3v) is 6.32. The Balaban J connectivity index is 1.23. The minimum absolute atomic E-state index is 0.149. The summed E-state index contributed by atoms with van der Waals surface area (Å²) in [4.78, 5) is 21.3. The van der Waals surface area contributed by atoms with Crippen LogP contribution >= 0.6 is 15.9 Å². The smallest absolute Gasteiger partial charge is 0.253 e. The number of ether oxygens (including phenoxy) is 1. The van der Waals surface area contributed by atoms with E-state index in [2.05, 4.69) is 25.8 Å². The van der Waals surface area contributed by atoms with Crippen molar-refractivity contribution in [3.63, 3.8) is 0 Å². The molecule has 0 atom stereocenters. The molecule has 1 amide bonds. The van der Waals surface area contributed by atoms with E-state index in [1.165, 1.54) is 0 Å². The number of rotatable bonds is 4. The highest BCUT2D eigenvalue weighted by Crippen LogP contribution is 2.24. The molecule has 5 nitrogen and oxygen atoms in total. The molecule has 2 aliphatic rings. The van der Waals surface area contributed by atoms with Crippen LogP contribution in [0.3, 0.4) is 0 Å². The molecule has 0 aliphatic carbocycles. The number of hydrogen-bond donors (Lipinski definition) is 0. The molecule has 0 saturated carbocycles. The number of nitrogens with zero attached hydrogens (tertiary/aromatic N) is 3. The number of likely N-dealkylation sites (tertiary alicyclic amines) is 2. The summed E-state index contributed by atoms with van der Waals surface area (Å²) in [7, 11) is 0. The van der Waals surface area contributed by atoms with Crippen molar-refractivity contribution >= 4 is 21.8 Å². The highest BCUT2D eigenvalue weighted by atomic mass is 79.9. The van der Waals surface area contributed by atoms with Gasteiger partial charge < -0.3 is 9.64 Å². The number of hydrogen-bond acceptors (Lipinski definition) is 4. The Morgan fingerprint density at radius 2 is 1.57 bits per heavy atom. The van der Waals surface area contributed by atoms with E-state index >= 15 is 0 Å². The Morgan fingerprint density at radius 1 is 0.929 bits per heavy atom. The number of benzene rings is 1. The van der Waals surface area contributed by atoms with Crippen LogP contribution in [0.5, 0.6) is 5.75 Å². The van der Waals surface area contributed by atoms with Crippen molar-refractivity contribution in [2.75, 3.05) is 26.2 Å². The molecule has 0 N–H and O–H groups in total. The molecular weight excluding hydrogens is 418 g/mol. The molecule has 6 heteroatoms. The predicted molar refractivity (Wildman–Crippen MR) is 113 cm³/mol. The third kappa shape index (κ3) is 4.73. The molecular formula is C22H26BrN3O2. The van der Waals surface area contributed by atoms with Crippen molar-refractivity contribution in [3.8, 4) is 5.75 Å². The zero-order valence-electron chi connectivity index (χ0n) is 16.0. The van der Waals surface area contributed by atoms with E-state index in [0.29, 0.717) is 6.04 Å². The molecule has 4 rings (SSSR count). The lowest BCUT2D eigenvalue weighted by Crippen LogP contribution is -2.50. The van der Waals surface area contributed by atoms with Crippen molar-refractivity contribution in [1.29, 1.82) is 0 Å². The van der Waals surface area contributed by atoms with Crippen LogP contribution in [0.25, 0.3) is 0 Å². The Kier molecular flexibility index (Phi) is 6.27. The van der Waals surface area contributed by atoms with Crippen LogP contribution in [0.2, 0.25) is 0 Å². The average molecular weight is 444 g/mol. The lowest BCUT2D eigenvalue weighted by Gasteiger charge is -2.41. The minimum Gasteiger partial charge on any atom is -0.490 e. The summed E-state index contributed by atoms with van der Waals surface area (Å²) >= 11 is 3.42. The number of carbonyl (C=O) groups is 1. The van der Waals surface area contributed by atoms with Crippen LogP contribution in [0.15, 0.2) is 53.3 Å². The number of amides is 1. The van der Waals surface area contributed by atoms with Gasteiger partial charge in [-0.15, -0.1) is 0 Å². The summed E-state index contributed by atoms with van der Waals surface area (Å²) in [6, 6.07) is 12.1. The first-order valence-corrected chi connectivity index (χ1v) is 10.8. The fraction of sp³-hybridized carbons (Fsp3) is 0.455. The van der Waals surface area contributed by atoms with Crippen LogP contribution < -0.4 is 4.74 Å². The van der Waals surface area contributed by atoms with Gasteiger partial charge in [0.2, 0.25) is 0 Å². The van der Waals surface area contributed by atoms with Gasteiger partial charge in [0.05, 0.1) is 0 Å². The zero-order valence-corrected chi connectivity index (χ0v) is 17.6. The second-order valence-corrected chi connectivity index (χ2v) is 8.48. The summed E-state index contributed by atoms with van der Waals surface area (Å²) in [5.41, 5.74) is 0.774. The van der Waals surface area contributed by atoms with Gasteiger partial charge in [0.1, 0.15) is 11.9 Å². The topological polar surface area (TPSA) is 45.7 Å². The first-order valence-electron chi connectivity index (χ1n) is 10.0. The van der Waals surface area contributed by atoms with Gasteiger partial charge in [-0.1, -0.05) is 15.9 Å². The fourth-order valence-corrected chi connectivity index (χ4v) is 4.44. The zero-order chi connectivity index (χ0) is 19.3. The fourth-order valence-electron chi connectivity index (χ4n) is 4.18. The molecule has 2 saturated heterocycles. The van der Waals surface area contributed by atoms with Crippen LogP contribution in [-0.2, 0) is 0 Å². The van der Waals surface area contributed by atoms with Crippen LogP contribution in [-0.4, -0.2) is 59.0 Å². The monoisotopic (exact) mass is 443 g/mol. The first-order chi connectivity index (χ1) is 13.7. The summed E-state index contributed by atoms with van der Waals surface area (Å²) in [5.74, 6) is 1.06. The maximum absolute atomic E-state index is 12.7. The number of pyridine rings is 1. The van der Waals surface area contributed by atoms with E-state index in [1.54, 1.807) is 12.4 Å². The van der Waals surface area contributed by atoms with E-state index in [0.717, 1.165) is 67.6 Å². The van der Waals surface area contributed by atoms with Crippen LogP contribution in [0.4, 0.5) is 0 Å². The minimum atomic E-state index is 0.149. The molecule has 1 aromatic carbocycles. The van der Waals surface area contributed by atoms with Crippen molar-refractivity contribution in [3.05, 3.63) is 58.8 Å². The van der Waals surface area contributed by atoms with E-state index in [4.69, 9.17) is 4.74 Å². The lowest BCUT2D eigenvalue weighted by molar-refractivity contribution is 0.0425. The van der Waals surface area contributed by atoms with Gasteiger partial charge in [0.25, 0.3) is 5.91 Å². The van der Waals surface area contributed by atoms with Crippen molar-refractivity contribution < 1.29 is 9.53 Å². The average Bonchev–Trinajstić information content (AvgIpc) is 2.75. The molecule has 0 bridgehead atoms. The van der Waals surface area contributed by atoms with Crippen LogP contribution in [0.1, 0.15) is 36.0 Å². The predicted octanol–water partition coefficient (Wildman–Crippen LogP) is 3.99. The van der Waals surface area contributed by atoms with Crippen molar-refractivity contribution in [2.45, 2.75) is 37.8 Å². The van der Waals surface area contributed by atoms with Crippen molar-refractivity contribution in [1.82, 2.24) is 14.8 Å². The molecule has 1 aromatic heterocycles. The van der Waals surface area contributed by atoms with Gasteiger partial charge in [-0.2, -0.15) is 0 Å². The van der Waals surface area contributed by atoms with Gasteiger partial charge >= 0.3 is 0 Å². The molecule has 0 radical (unpaired) electrons. The van der Waals surface area contributed by atoms with Gasteiger partial charge in [-0.3, -0.25) is 14.7 Å². The number of aromatic nitrogens is 1. The standard InChI is InChI=1S/C22H26BrN3O2/c23-18-3-1-17(2-4-18)22(27)26-13-7-19(8-14-26)25-15-9-21(10-16-25)28-20-5-11-24-12-6-20/h1-6,11-12,19,21H,7-10,13-16H2. The molecule has 0 spiro atoms. The SMILES string of the molecule is O=C(c1ccc(Br)cc1)N1CCC(N2CCC(Oc3ccncc3)CC2)CC1. The number of piperidine rings is 2. The van der Waals surface area contributed by atoms with Gasteiger partial charge in [-0.05, 0) is 62.1 Å². The Morgan fingerprint density at radius 3 is 2.21 bits per heavy atom. The quantitative estimate of drug-likeness (QED) is 0.716. The van der Waals surface area contributed by atoms with E-state index < -0.39 is 0 Å². The van der Waals surface area contributed by atoms with E-state index in [1.807, 2.05) is 41.3 Å². The molecule has 3 heterocycles. The largest absolute Gasteiger partial charge is 0.490 e. The highest BCUT2D eigenvalue weighted by molar-refractivity contribution is 9.10.